The number of carboxylic acids is 1. The van der Waals surface area contributed by atoms with Crippen molar-refractivity contribution in [1.82, 2.24) is 9.78 Å². The van der Waals surface area contributed by atoms with Gasteiger partial charge in [0.25, 0.3) is 0 Å². The van der Waals surface area contributed by atoms with Crippen molar-refractivity contribution in [3.05, 3.63) is 41.7 Å². The van der Waals surface area contributed by atoms with Gasteiger partial charge in [-0.1, -0.05) is 23.7 Å². The molecule has 1 amide bonds. The summed E-state index contributed by atoms with van der Waals surface area (Å²) in [7, 11) is 0. The van der Waals surface area contributed by atoms with Crippen LogP contribution in [0.4, 0.5) is 5.69 Å². The van der Waals surface area contributed by atoms with Gasteiger partial charge in [0, 0.05) is 23.3 Å². The third-order valence-corrected chi connectivity index (χ3v) is 4.90. The zero-order chi connectivity index (χ0) is 17.7. The van der Waals surface area contributed by atoms with Crippen LogP contribution in [0.25, 0.3) is 0 Å². The van der Waals surface area contributed by atoms with E-state index in [0.29, 0.717) is 22.9 Å². The van der Waals surface area contributed by atoms with E-state index in [1.165, 1.54) is 42.7 Å². The van der Waals surface area contributed by atoms with Crippen molar-refractivity contribution in [3.8, 4) is 0 Å². The number of hydrogen-bond donors (Lipinski definition) is 2. The molecule has 0 fully saturated rings. The van der Waals surface area contributed by atoms with E-state index >= 15 is 0 Å². The monoisotopic (exact) mass is 367 g/mol. The first-order valence-electron chi connectivity index (χ1n) is 7.26. The molecular formula is C16H18ClN3O3S. The van der Waals surface area contributed by atoms with Crippen LogP contribution >= 0.6 is 23.4 Å². The quantitative estimate of drug-likeness (QED) is 0.732. The smallest absolute Gasteiger partial charge is 0.331 e. The summed E-state index contributed by atoms with van der Waals surface area (Å²) < 4.78 is 1.31. The molecule has 1 aromatic carbocycles. The molecule has 0 aliphatic carbocycles. The largest absolute Gasteiger partial charge is 0.479 e. The lowest BCUT2D eigenvalue weighted by molar-refractivity contribution is -0.146. The Morgan fingerprint density at radius 3 is 2.75 bits per heavy atom. The lowest BCUT2D eigenvalue weighted by Crippen LogP contribution is -2.35. The fourth-order valence-corrected chi connectivity index (χ4v) is 3.02. The third-order valence-electron chi connectivity index (χ3n) is 3.39. The molecule has 2 rings (SSSR count). The number of nitrogens with one attached hydrogen (secondary N) is 1. The SMILES string of the molecule is CC(C)(C(=O)O)n1cc(NC(=O)CCSc2ccccc2Cl)cn1. The minimum atomic E-state index is -1.18. The number of amides is 1. The van der Waals surface area contributed by atoms with Gasteiger partial charge in [-0.25, -0.2) is 4.79 Å². The van der Waals surface area contributed by atoms with Crippen LogP contribution in [-0.4, -0.2) is 32.5 Å². The molecule has 0 radical (unpaired) electrons. The Labute approximate surface area is 149 Å². The molecule has 2 N–H and O–H groups in total. The highest BCUT2D eigenvalue weighted by Gasteiger charge is 2.30. The summed E-state index contributed by atoms with van der Waals surface area (Å²) in [6, 6.07) is 7.47. The number of carboxylic acid groups (broad SMARTS) is 1. The van der Waals surface area contributed by atoms with Crippen molar-refractivity contribution in [3.63, 3.8) is 0 Å². The van der Waals surface area contributed by atoms with Crippen molar-refractivity contribution in [2.24, 2.45) is 0 Å². The van der Waals surface area contributed by atoms with Crippen LogP contribution in [0.1, 0.15) is 20.3 Å². The van der Waals surface area contributed by atoms with Crippen molar-refractivity contribution in [2.45, 2.75) is 30.7 Å². The molecule has 0 bridgehead atoms. The molecule has 128 valence electrons. The summed E-state index contributed by atoms with van der Waals surface area (Å²) in [6.07, 6.45) is 3.25. The minimum absolute atomic E-state index is 0.165. The van der Waals surface area contributed by atoms with E-state index in [2.05, 4.69) is 10.4 Å². The van der Waals surface area contributed by atoms with Gasteiger partial charge in [-0.15, -0.1) is 11.8 Å². The number of hydrogen-bond acceptors (Lipinski definition) is 4. The lowest BCUT2D eigenvalue weighted by Gasteiger charge is -2.19. The minimum Gasteiger partial charge on any atom is -0.479 e. The number of aromatic nitrogens is 2. The van der Waals surface area contributed by atoms with E-state index in [-0.39, 0.29) is 5.91 Å². The molecule has 0 atom stereocenters. The van der Waals surface area contributed by atoms with Gasteiger partial charge in [0.05, 0.1) is 16.9 Å². The summed E-state index contributed by atoms with van der Waals surface area (Å²) in [6.45, 7) is 3.07. The summed E-state index contributed by atoms with van der Waals surface area (Å²) in [4.78, 5) is 24.1. The topological polar surface area (TPSA) is 84.2 Å². The zero-order valence-corrected chi connectivity index (χ0v) is 14.9. The summed E-state index contributed by atoms with van der Waals surface area (Å²) >= 11 is 7.57. The number of carbonyl (C=O) groups excluding carboxylic acids is 1. The van der Waals surface area contributed by atoms with Gasteiger partial charge in [0.1, 0.15) is 0 Å². The third kappa shape index (κ3) is 4.52. The second kappa shape index (κ2) is 7.72. The number of anilines is 1. The average molecular weight is 368 g/mol. The fraction of sp³-hybridized carbons (Fsp3) is 0.312. The van der Waals surface area contributed by atoms with Crippen molar-refractivity contribution in [2.75, 3.05) is 11.1 Å². The maximum atomic E-state index is 12.0. The number of benzene rings is 1. The van der Waals surface area contributed by atoms with Crippen LogP contribution in [0.3, 0.4) is 0 Å². The summed E-state index contributed by atoms with van der Waals surface area (Å²) in [5.41, 5.74) is -0.708. The molecule has 1 aromatic heterocycles. The van der Waals surface area contributed by atoms with E-state index in [4.69, 9.17) is 11.6 Å². The standard InChI is InChI=1S/C16H18ClN3O3S/c1-16(2,15(22)23)20-10-11(9-18-20)19-14(21)7-8-24-13-6-4-3-5-12(13)17/h3-6,9-10H,7-8H2,1-2H3,(H,19,21)(H,22,23). The Morgan fingerprint density at radius 2 is 2.08 bits per heavy atom. The second-order valence-electron chi connectivity index (χ2n) is 5.61. The van der Waals surface area contributed by atoms with E-state index in [1.54, 1.807) is 0 Å². The highest BCUT2D eigenvalue weighted by Crippen LogP contribution is 2.27. The predicted octanol–water partition coefficient (Wildman–Crippen LogP) is 3.48. The maximum absolute atomic E-state index is 12.0. The van der Waals surface area contributed by atoms with Crippen molar-refractivity contribution >= 4 is 40.9 Å². The van der Waals surface area contributed by atoms with Crippen LogP contribution in [0, 0.1) is 0 Å². The zero-order valence-electron chi connectivity index (χ0n) is 13.3. The molecule has 0 saturated carbocycles. The highest BCUT2D eigenvalue weighted by molar-refractivity contribution is 7.99. The van der Waals surface area contributed by atoms with Crippen molar-refractivity contribution < 1.29 is 14.7 Å². The molecule has 0 aliphatic heterocycles. The molecule has 8 heteroatoms. The van der Waals surface area contributed by atoms with Gasteiger partial charge in [-0.2, -0.15) is 5.10 Å². The Morgan fingerprint density at radius 1 is 1.38 bits per heavy atom. The molecule has 0 saturated heterocycles. The van der Waals surface area contributed by atoms with Gasteiger partial charge in [-0.3, -0.25) is 9.48 Å². The van der Waals surface area contributed by atoms with Crippen molar-refractivity contribution in [1.29, 1.82) is 0 Å². The van der Waals surface area contributed by atoms with Crippen LogP contribution in [0.2, 0.25) is 5.02 Å². The fourth-order valence-electron chi connectivity index (χ4n) is 1.83. The molecule has 0 unspecified atom stereocenters. The Bertz CT molecular complexity index is 746. The summed E-state index contributed by atoms with van der Waals surface area (Å²) in [5.74, 6) is -0.577. The van der Waals surface area contributed by atoms with Gasteiger partial charge in [0.15, 0.2) is 5.54 Å². The van der Waals surface area contributed by atoms with Gasteiger partial charge >= 0.3 is 5.97 Å². The van der Waals surface area contributed by atoms with Crippen LogP contribution in [0.5, 0.6) is 0 Å². The maximum Gasteiger partial charge on any atom is 0.331 e. The van der Waals surface area contributed by atoms with E-state index in [1.807, 2.05) is 24.3 Å². The molecule has 0 spiro atoms. The average Bonchev–Trinajstić information content (AvgIpc) is 2.98. The van der Waals surface area contributed by atoms with Crippen LogP contribution in [0.15, 0.2) is 41.6 Å². The number of halogens is 1. The first-order valence-corrected chi connectivity index (χ1v) is 8.63. The van der Waals surface area contributed by atoms with Crippen LogP contribution < -0.4 is 5.32 Å². The highest BCUT2D eigenvalue weighted by atomic mass is 35.5. The van der Waals surface area contributed by atoms with E-state index < -0.39 is 11.5 Å². The molecule has 24 heavy (non-hydrogen) atoms. The number of nitrogens with zero attached hydrogens (tertiary/aromatic N) is 2. The molecule has 0 aliphatic rings. The normalized spacial score (nSPS) is 11.3. The van der Waals surface area contributed by atoms with E-state index in [0.717, 1.165) is 4.90 Å². The van der Waals surface area contributed by atoms with Gasteiger partial charge in [0.2, 0.25) is 5.91 Å². The molecule has 1 heterocycles. The Kier molecular flexibility index (Phi) is 5.90. The van der Waals surface area contributed by atoms with Crippen LogP contribution in [-0.2, 0) is 15.1 Å². The predicted molar refractivity (Wildman–Crippen MR) is 94.6 cm³/mol. The number of aliphatic carboxylic acids is 1. The lowest BCUT2D eigenvalue weighted by atomic mass is 10.1. The molecule has 6 nitrogen and oxygen atoms in total. The first-order chi connectivity index (χ1) is 11.3. The molecule has 2 aromatic rings. The molecular weight excluding hydrogens is 350 g/mol. The Balaban J connectivity index is 1.86. The van der Waals surface area contributed by atoms with Gasteiger partial charge in [-0.05, 0) is 26.0 Å². The second-order valence-corrected chi connectivity index (χ2v) is 7.16. The summed E-state index contributed by atoms with van der Waals surface area (Å²) in [5, 5.41) is 16.6. The number of carbonyl (C=O) groups is 2. The van der Waals surface area contributed by atoms with E-state index in [9.17, 15) is 14.7 Å². The number of thioether (sulfide) groups is 1. The Hall–Kier alpha value is -1.99. The van der Waals surface area contributed by atoms with Gasteiger partial charge < -0.3 is 10.4 Å². The first kappa shape index (κ1) is 18.4. The number of rotatable bonds is 7.